The number of rotatable bonds is 1. The van der Waals surface area contributed by atoms with Gasteiger partial charge in [-0.05, 0) is 42.3 Å². The summed E-state index contributed by atoms with van der Waals surface area (Å²) in [6.45, 7) is 0.889. The monoisotopic (exact) mass is 259 g/mol. The molecule has 1 aliphatic rings. The zero-order valence-electron chi connectivity index (χ0n) is 10.7. The Morgan fingerprint density at radius 1 is 1.05 bits per heavy atom. The summed E-state index contributed by atoms with van der Waals surface area (Å²) < 4.78 is 26.9. The fourth-order valence-corrected chi connectivity index (χ4v) is 2.86. The molecule has 1 atom stereocenters. The topological polar surface area (TPSA) is 3.24 Å². The molecule has 3 rings (SSSR count). The normalized spacial score (nSPS) is 19.2. The van der Waals surface area contributed by atoms with Crippen LogP contribution in [0.4, 0.5) is 8.78 Å². The maximum atomic E-state index is 13.4. The largest absolute Gasteiger partial charge is 0.295 e. The summed E-state index contributed by atoms with van der Waals surface area (Å²) in [5, 5.41) is 0. The van der Waals surface area contributed by atoms with Gasteiger partial charge in [0.1, 0.15) is 11.6 Å². The van der Waals surface area contributed by atoms with Gasteiger partial charge in [-0.2, -0.15) is 0 Å². The van der Waals surface area contributed by atoms with Crippen LogP contribution in [0.25, 0.3) is 0 Å². The molecule has 0 bridgehead atoms. The van der Waals surface area contributed by atoms with Gasteiger partial charge in [0.05, 0.1) is 6.04 Å². The van der Waals surface area contributed by atoms with Crippen molar-refractivity contribution in [3.8, 4) is 0 Å². The van der Waals surface area contributed by atoms with Crippen LogP contribution < -0.4 is 0 Å². The first kappa shape index (κ1) is 12.3. The average Bonchev–Trinajstić information content (AvgIpc) is 2.37. The minimum absolute atomic E-state index is 0.0739. The van der Waals surface area contributed by atoms with Gasteiger partial charge in [-0.1, -0.05) is 24.3 Å². The number of benzene rings is 2. The highest BCUT2D eigenvalue weighted by Crippen LogP contribution is 2.34. The second-order valence-electron chi connectivity index (χ2n) is 5.03. The molecule has 0 saturated carbocycles. The van der Waals surface area contributed by atoms with E-state index in [1.165, 1.54) is 17.7 Å². The third kappa shape index (κ3) is 2.26. The van der Waals surface area contributed by atoms with Gasteiger partial charge in [-0.25, -0.2) is 8.78 Å². The van der Waals surface area contributed by atoms with E-state index in [4.69, 9.17) is 0 Å². The van der Waals surface area contributed by atoms with Crippen LogP contribution in [0.5, 0.6) is 0 Å². The van der Waals surface area contributed by atoms with Crippen LogP contribution in [0, 0.1) is 11.6 Å². The van der Waals surface area contributed by atoms with Gasteiger partial charge < -0.3 is 0 Å². The lowest BCUT2D eigenvalue weighted by atomic mass is 9.88. The van der Waals surface area contributed by atoms with Crippen molar-refractivity contribution in [2.45, 2.75) is 12.5 Å². The van der Waals surface area contributed by atoms with Crippen molar-refractivity contribution in [2.24, 2.45) is 0 Å². The summed E-state index contributed by atoms with van der Waals surface area (Å²) in [6, 6.07) is 11.8. The van der Waals surface area contributed by atoms with E-state index in [1.54, 1.807) is 0 Å². The van der Waals surface area contributed by atoms with Crippen LogP contribution in [-0.2, 0) is 6.42 Å². The summed E-state index contributed by atoms with van der Waals surface area (Å²) in [6.07, 6.45) is 0.973. The lowest BCUT2D eigenvalue weighted by Crippen LogP contribution is -2.32. The van der Waals surface area contributed by atoms with E-state index in [0.717, 1.165) is 24.6 Å². The molecule has 1 aliphatic heterocycles. The van der Waals surface area contributed by atoms with Crippen LogP contribution in [-0.4, -0.2) is 18.5 Å². The predicted octanol–water partition coefficient (Wildman–Crippen LogP) is 3.54. The quantitative estimate of drug-likeness (QED) is 0.757. The van der Waals surface area contributed by atoms with Gasteiger partial charge in [-0.3, -0.25) is 4.90 Å². The number of hydrogen-bond donors (Lipinski definition) is 0. The highest BCUT2D eigenvalue weighted by Gasteiger charge is 2.26. The molecule has 1 unspecified atom stereocenters. The van der Waals surface area contributed by atoms with Gasteiger partial charge in [-0.15, -0.1) is 0 Å². The number of halogens is 2. The fourth-order valence-electron chi connectivity index (χ4n) is 2.86. The number of hydrogen-bond acceptors (Lipinski definition) is 1. The lowest BCUT2D eigenvalue weighted by molar-refractivity contribution is 0.264. The van der Waals surface area contributed by atoms with Crippen LogP contribution in [0.3, 0.4) is 0 Å². The van der Waals surface area contributed by atoms with Gasteiger partial charge in [0, 0.05) is 12.6 Å². The number of fused-ring (bicyclic) bond motifs is 1. The Bertz CT molecular complexity index is 589. The maximum Gasteiger partial charge on any atom is 0.126 e. The first-order chi connectivity index (χ1) is 9.15. The molecule has 19 heavy (non-hydrogen) atoms. The molecule has 0 fully saturated rings. The molecule has 3 heteroatoms. The molecular weight excluding hydrogens is 244 g/mol. The van der Waals surface area contributed by atoms with Gasteiger partial charge >= 0.3 is 0 Å². The Hall–Kier alpha value is -1.74. The van der Waals surface area contributed by atoms with E-state index < -0.39 is 11.6 Å². The lowest BCUT2D eigenvalue weighted by Gasteiger charge is -2.35. The minimum atomic E-state index is -0.522. The summed E-state index contributed by atoms with van der Waals surface area (Å²) in [5.74, 6) is -1.04. The van der Waals surface area contributed by atoms with E-state index in [9.17, 15) is 8.78 Å². The second kappa shape index (κ2) is 4.74. The highest BCUT2D eigenvalue weighted by molar-refractivity contribution is 5.39. The van der Waals surface area contributed by atoms with Crippen LogP contribution in [0.1, 0.15) is 22.7 Å². The standard InChI is InChI=1S/C16H15F2N/c1-19-7-6-11-4-2-3-5-15(11)16(19)12-8-13(17)10-14(18)9-12/h2-5,8-10,16H,6-7H2,1H3. The Labute approximate surface area is 111 Å². The SMILES string of the molecule is CN1CCc2ccccc2C1c1cc(F)cc(F)c1. The smallest absolute Gasteiger partial charge is 0.126 e. The zero-order valence-corrected chi connectivity index (χ0v) is 10.7. The molecule has 0 saturated heterocycles. The van der Waals surface area contributed by atoms with Crippen molar-refractivity contribution in [3.63, 3.8) is 0 Å². The third-order valence-corrected chi connectivity index (χ3v) is 3.72. The zero-order chi connectivity index (χ0) is 13.4. The minimum Gasteiger partial charge on any atom is -0.295 e. The fraction of sp³-hybridized carbons (Fsp3) is 0.250. The molecular formula is C16H15F2N. The van der Waals surface area contributed by atoms with Gasteiger partial charge in [0.2, 0.25) is 0 Å². The van der Waals surface area contributed by atoms with Crippen LogP contribution >= 0.6 is 0 Å². The Morgan fingerprint density at radius 2 is 1.74 bits per heavy atom. The van der Waals surface area contributed by atoms with Crippen LogP contribution in [0.15, 0.2) is 42.5 Å². The van der Waals surface area contributed by atoms with Crippen molar-refractivity contribution in [1.82, 2.24) is 4.90 Å². The molecule has 0 amide bonds. The molecule has 2 aromatic rings. The molecule has 1 heterocycles. The second-order valence-corrected chi connectivity index (χ2v) is 5.03. The molecule has 0 aromatic heterocycles. The first-order valence-corrected chi connectivity index (χ1v) is 6.39. The predicted molar refractivity (Wildman–Crippen MR) is 71.0 cm³/mol. The van der Waals surface area contributed by atoms with Crippen molar-refractivity contribution < 1.29 is 8.78 Å². The van der Waals surface area contributed by atoms with Crippen molar-refractivity contribution in [3.05, 3.63) is 70.8 Å². The molecule has 1 nitrogen and oxygen atoms in total. The number of nitrogens with zero attached hydrogens (tertiary/aromatic N) is 1. The molecule has 0 aliphatic carbocycles. The van der Waals surface area contributed by atoms with Gasteiger partial charge in [0.15, 0.2) is 0 Å². The molecule has 0 spiro atoms. The molecule has 0 N–H and O–H groups in total. The van der Waals surface area contributed by atoms with E-state index in [1.807, 2.05) is 25.2 Å². The van der Waals surface area contributed by atoms with Crippen molar-refractivity contribution in [1.29, 1.82) is 0 Å². The Kier molecular flexibility index (Phi) is 3.07. The first-order valence-electron chi connectivity index (χ1n) is 6.39. The van der Waals surface area contributed by atoms with Crippen molar-refractivity contribution in [2.75, 3.05) is 13.6 Å². The van der Waals surface area contributed by atoms with E-state index in [-0.39, 0.29) is 6.04 Å². The summed E-state index contributed by atoms with van der Waals surface area (Å²) >= 11 is 0. The molecule has 0 radical (unpaired) electrons. The van der Waals surface area contributed by atoms with Crippen molar-refractivity contribution >= 4 is 0 Å². The van der Waals surface area contributed by atoms with Crippen LogP contribution in [0.2, 0.25) is 0 Å². The summed E-state index contributed by atoms with van der Waals surface area (Å²) in [7, 11) is 1.99. The Balaban J connectivity index is 2.13. The van der Waals surface area contributed by atoms with E-state index >= 15 is 0 Å². The van der Waals surface area contributed by atoms with Gasteiger partial charge in [0.25, 0.3) is 0 Å². The summed E-state index contributed by atoms with van der Waals surface area (Å²) in [4.78, 5) is 2.14. The third-order valence-electron chi connectivity index (χ3n) is 3.72. The molecule has 2 aromatic carbocycles. The summed E-state index contributed by atoms with van der Waals surface area (Å²) in [5.41, 5.74) is 3.07. The Morgan fingerprint density at radius 3 is 2.47 bits per heavy atom. The number of likely N-dealkylation sites (N-methyl/N-ethyl adjacent to an activating group) is 1. The van der Waals surface area contributed by atoms with E-state index in [2.05, 4.69) is 11.0 Å². The maximum absolute atomic E-state index is 13.4. The molecule has 98 valence electrons. The average molecular weight is 259 g/mol. The highest BCUT2D eigenvalue weighted by atomic mass is 19.1. The van der Waals surface area contributed by atoms with E-state index in [0.29, 0.717) is 5.56 Å².